The summed E-state index contributed by atoms with van der Waals surface area (Å²) in [5, 5.41) is 4.44. The number of aromatic nitrogens is 1. The third kappa shape index (κ3) is 3.94. The lowest BCUT2D eigenvalue weighted by atomic mass is 10.1. The van der Waals surface area contributed by atoms with Crippen LogP contribution >= 0.6 is 0 Å². The molecular formula is C21H23N3O2. The molecule has 0 radical (unpaired) electrons. The van der Waals surface area contributed by atoms with Gasteiger partial charge in [-0.25, -0.2) is 4.98 Å². The fraction of sp³-hybridized carbons (Fsp3) is 0.238. The molecule has 5 nitrogen and oxygen atoms in total. The predicted molar refractivity (Wildman–Crippen MR) is 106 cm³/mol. The molecule has 2 aromatic carbocycles. The van der Waals surface area contributed by atoms with Crippen LogP contribution in [0.1, 0.15) is 6.42 Å². The number of pyridine rings is 1. The number of benzene rings is 2. The Morgan fingerprint density at radius 1 is 1.12 bits per heavy atom. The van der Waals surface area contributed by atoms with Crippen LogP contribution in [0.2, 0.25) is 0 Å². The van der Waals surface area contributed by atoms with Gasteiger partial charge in [-0.3, -0.25) is 4.79 Å². The monoisotopic (exact) mass is 349 g/mol. The van der Waals surface area contributed by atoms with Gasteiger partial charge in [-0.2, -0.15) is 0 Å². The number of carbonyl (C=O) groups excluding carboxylic acids is 1. The summed E-state index contributed by atoms with van der Waals surface area (Å²) in [4.78, 5) is 18.2. The molecule has 0 aliphatic heterocycles. The average Bonchev–Trinajstić information content (AvgIpc) is 2.67. The largest absolute Gasteiger partial charge is 0.497 e. The van der Waals surface area contributed by atoms with Gasteiger partial charge in [0.2, 0.25) is 5.91 Å². The summed E-state index contributed by atoms with van der Waals surface area (Å²) in [6, 6.07) is 17.9. The molecule has 134 valence electrons. The third-order valence-corrected chi connectivity index (χ3v) is 4.26. The minimum atomic E-state index is 0.103. The summed E-state index contributed by atoms with van der Waals surface area (Å²) in [6.45, 7) is 0.576. The number of methoxy groups -OCH3 is 1. The summed E-state index contributed by atoms with van der Waals surface area (Å²) in [5.74, 6) is 0.918. The van der Waals surface area contributed by atoms with Crippen molar-refractivity contribution in [3.63, 3.8) is 0 Å². The van der Waals surface area contributed by atoms with E-state index in [-0.39, 0.29) is 5.91 Å². The van der Waals surface area contributed by atoms with E-state index >= 15 is 0 Å². The van der Waals surface area contributed by atoms with Gasteiger partial charge in [-0.15, -0.1) is 0 Å². The van der Waals surface area contributed by atoms with Crippen LogP contribution in [0.5, 0.6) is 5.75 Å². The molecule has 1 aromatic heterocycles. The first kappa shape index (κ1) is 17.7. The summed E-state index contributed by atoms with van der Waals surface area (Å²) in [6.07, 6.45) is 0.446. The van der Waals surface area contributed by atoms with Gasteiger partial charge in [0.25, 0.3) is 0 Å². The van der Waals surface area contributed by atoms with E-state index in [4.69, 9.17) is 9.72 Å². The maximum absolute atomic E-state index is 11.8. The lowest BCUT2D eigenvalue weighted by Gasteiger charge is -2.14. The van der Waals surface area contributed by atoms with Crippen LogP contribution in [0.3, 0.4) is 0 Å². The van der Waals surface area contributed by atoms with E-state index in [0.717, 1.165) is 33.6 Å². The van der Waals surface area contributed by atoms with Crippen molar-refractivity contribution in [2.24, 2.45) is 0 Å². The lowest BCUT2D eigenvalue weighted by Crippen LogP contribution is -2.23. The summed E-state index contributed by atoms with van der Waals surface area (Å²) in [7, 11) is 5.19. The first-order valence-electron chi connectivity index (χ1n) is 8.56. The second-order valence-corrected chi connectivity index (χ2v) is 6.27. The van der Waals surface area contributed by atoms with Crippen LogP contribution in [0.15, 0.2) is 54.6 Å². The van der Waals surface area contributed by atoms with Gasteiger partial charge in [0.1, 0.15) is 5.75 Å². The Hall–Kier alpha value is -3.08. The van der Waals surface area contributed by atoms with Crippen LogP contribution in [0.25, 0.3) is 22.2 Å². The molecule has 0 fully saturated rings. The quantitative estimate of drug-likeness (QED) is 0.735. The highest BCUT2D eigenvalue weighted by atomic mass is 16.5. The van der Waals surface area contributed by atoms with Gasteiger partial charge in [0.05, 0.1) is 18.3 Å². The molecule has 0 bridgehead atoms. The molecule has 0 saturated carbocycles. The normalized spacial score (nSPS) is 10.6. The van der Waals surface area contributed by atoms with Crippen molar-refractivity contribution in [2.45, 2.75) is 6.42 Å². The zero-order valence-electron chi connectivity index (χ0n) is 15.3. The topological polar surface area (TPSA) is 54.5 Å². The van der Waals surface area contributed by atoms with E-state index < -0.39 is 0 Å². The van der Waals surface area contributed by atoms with Gasteiger partial charge in [0, 0.05) is 43.7 Å². The molecule has 1 N–H and O–H groups in total. The number of para-hydroxylation sites is 1. The van der Waals surface area contributed by atoms with Gasteiger partial charge in [0.15, 0.2) is 0 Å². The highest BCUT2D eigenvalue weighted by Crippen LogP contribution is 2.29. The molecule has 26 heavy (non-hydrogen) atoms. The van der Waals surface area contributed by atoms with Gasteiger partial charge in [-0.1, -0.05) is 18.2 Å². The van der Waals surface area contributed by atoms with Gasteiger partial charge < -0.3 is 15.0 Å². The van der Waals surface area contributed by atoms with E-state index in [1.807, 2.05) is 54.6 Å². The van der Waals surface area contributed by atoms with E-state index in [1.165, 1.54) is 0 Å². The highest BCUT2D eigenvalue weighted by Gasteiger charge is 2.09. The van der Waals surface area contributed by atoms with E-state index in [9.17, 15) is 4.79 Å². The lowest BCUT2D eigenvalue weighted by molar-refractivity contribution is -0.128. The standard InChI is InChI=1S/C21H23N3O2/c1-24(2)21(25)12-13-22-20-14-19(15-8-10-16(26-3)11-9-15)23-18-7-5-4-6-17(18)20/h4-11,14H,12-13H2,1-3H3,(H,22,23). The molecule has 5 heteroatoms. The minimum absolute atomic E-state index is 0.103. The maximum atomic E-state index is 11.8. The number of amides is 1. The predicted octanol–water partition coefficient (Wildman–Crippen LogP) is 3.80. The number of nitrogens with one attached hydrogen (secondary N) is 1. The fourth-order valence-electron chi connectivity index (χ4n) is 2.76. The van der Waals surface area contributed by atoms with Crippen molar-refractivity contribution in [1.82, 2.24) is 9.88 Å². The molecule has 0 saturated heterocycles. The Bertz CT molecular complexity index is 905. The Kier molecular flexibility index (Phi) is 5.37. The molecule has 0 atom stereocenters. The average molecular weight is 349 g/mol. The first-order valence-corrected chi connectivity index (χ1v) is 8.56. The van der Waals surface area contributed by atoms with Crippen molar-refractivity contribution in [3.05, 3.63) is 54.6 Å². The second kappa shape index (κ2) is 7.87. The number of anilines is 1. The molecule has 0 unspecified atom stereocenters. The third-order valence-electron chi connectivity index (χ3n) is 4.26. The van der Waals surface area contributed by atoms with Crippen LogP contribution < -0.4 is 10.1 Å². The van der Waals surface area contributed by atoms with Crippen LogP contribution in [0.4, 0.5) is 5.69 Å². The van der Waals surface area contributed by atoms with Crippen LogP contribution in [-0.2, 0) is 4.79 Å². The fourth-order valence-corrected chi connectivity index (χ4v) is 2.76. The van der Waals surface area contributed by atoms with E-state index in [1.54, 1.807) is 26.1 Å². The molecule has 0 spiro atoms. The molecule has 3 aromatic rings. The van der Waals surface area contributed by atoms with Crippen molar-refractivity contribution >= 4 is 22.5 Å². The number of hydrogen-bond acceptors (Lipinski definition) is 4. The summed E-state index contributed by atoms with van der Waals surface area (Å²) < 4.78 is 5.23. The Morgan fingerprint density at radius 2 is 1.85 bits per heavy atom. The van der Waals surface area contributed by atoms with Gasteiger partial charge >= 0.3 is 0 Å². The van der Waals surface area contributed by atoms with E-state index in [2.05, 4.69) is 5.32 Å². The number of nitrogens with zero attached hydrogens (tertiary/aromatic N) is 2. The SMILES string of the molecule is COc1ccc(-c2cc(NCCC(=O)N(C)C)c3ccccc3n2)cc1. The summed E-state index contributed by atoms with van der Waals surface area (Å²) in [5.41, 5.74) is 3.80. The van der Waals surface area contributed by atoms with Crippen LogP contribution in [-0.4, -0.2) is 43.5 Å². The first-order chi connectivity index (χ1) is 12.6. The molecule has 3 rings (SSSR count). The van der Waals surface area contributed by atoms with E-state index in [0.29, 0.717) is 13.0 Å². The zero-order valence-corrected chi connectivity index (χ0v) is 15.3. The second-order valence-electron chi connectivity index (χ2n) is 6.27. The number of fused-ring (bicyclic) bond motifs is 1. The van der Waals surface area contributed by atoms with Crippen molar-refractivity contribution in [3.8, 4) is 17.0 Å². The smallest absolute Gasteiger partial charge is 0.223 e. The van der Waals surface area contributed by atoms with Crippen molar-refractivity contribution in [2.75, 3.05) is 33.1 Å². The number of ether oxygens (including phenoxy) is 1. The Morgan fingerprint density at radius 3 is 2.54 bits per heavy atom. The number of carbonyl (C=O) groups is 1. The molecule has 1 amide bonds. The zero-order chi connectivity index (χ0) is 18.5. The van der Waals surface area contributed by atoms with Crippen molar-refractivity contribution in [1.29, 1.82) is 0 Å². The van der Waals surface area contributed by atoms with Crippen molar-refractivity contribution < 1.29 is 9.53 Å². The Balaban J connectivity index is 1.91. The summed E-state index contributed by atoms with van der Waals surface area (Å²) >= 11 is 0. The molecule has 1 heterocycles. The molecule has 0 aliphatic carbocycles. The number of rotatable bonds is 6. The van der Waals surface area contributed by atoms with Crippen LogP contribution in [0, 0.1) is 0 Å². The maximum Gasteiger partial charge on any atom is 0.223 e. The number of hydrogen-bond donors (Lipinski definition) is 1. The minimum Gasteiger partial charge on any atom is -0.497 e. The van der Waals surface area contributed by atoms with Gasteiger partial charge in [-0.05, 0) is 36.4 Å². The Labute approximate surface area is 153 Å². The molecular weight excluding hydrogens is 326 g/mol. The molecule has 0 aliphatic rings. The highest BCUT2D eigenvalue weighted by molar-refractivity contribution is 5.94.